The molecule has 0 saturated carbocycles. The van der Waals surface area contributed by atoms with Gasteiger partial charge in [-0.2, -0.15) is 5.26 Å². The summed E-state index contributed by atoms with van der Waals surface area (Å²) in [4.78, 5) is 24.3. The number of benzene rings is 2. The zero-order chi connectivity index (χ0) is 19.2. The minimum absolute atomic E-state index is 0.292. The predicted molar refractivity (Wildman–Crippen MR) is 94.3 cm³/mol. The van der Waals surface area contributed by atoms with Gasteiger partial charge in [-0.1, -0.05) is 12.1 Å². The van der Waals surface area contributed by atoms with Crippen molar-refractivity contribution in [2.75, 3.05) is 13.2 Å². The highest BCUT2D eigenvalue weighted by Crippen LogP contribution is 2.30. The van der Waals surface area contributed by atoms with E-state index in [1.165, 1.54) is 6.92 Å². The van der Waals surface area contributed by atoms with Crippen LogP contribution in [0.15, 0.2) is 42.5 Å². The van der Waals surface area contributed by atoms with Crippen LogP contribution in [-0.2, 0) is 4.79 Å². The number of ether oxygens (including phenoxy) is 3. The Labute approximate surface area is 155 Å². The Morgan fingerprint density at radius 3 is 2.63 bits per heavy atom. The van der Waals surface area contributed by atoms with Gasteiger partial charge >= 0.3 is 0 Å². The average Bonchev–Trinajstić information content (AvgIpc) is 2.71. The quantitative estimate of drug-likeness (QED) is 0.794. The van der Waals surface area contributed by atoms with Gasteiger partial charge in [0.15, 0.2) is 17.6 Å². The van der Waals surface area contributed by atoms with E-state index in [2.05, 4.69) is 10.9 Å². The number of nitriles is 1. The van der Waals surface area contributed by atoms with Gasteiger partial charge in [-0.3, -0.25) is 20.4 Å². The maximum absolute atomic E-state index is 12.2. The van der Waals surface area contributed by atoms with Gasteiger partial charge in [-0.25, -0.2) is 0 Å². The maximum atomic E-state index is 12.2. The Bertz CT molecular complexity index is 906. The molecule has 0 radical (unpaired) electrons. The van der Waals surface area contributed by atoms with Gasteiger partial charge in [-0.05, 0) is 37.3 Å². The predicted octanol–water partition coefficient (Wildman–Crippen LogP) is 1.56. The Kier molecular flexibility index (Phi) is 5.42. The molecule has 3 rings (SSSR count). The number of amides is 2. The second-order valence-electron chi connectivity index (χ2n) is 5.67. The standard InChI is InChI=1S/C19H17N3O5/c1-12(27-15-5-3-2-4-14(15)11-20)18(23)21-22-19(24)13-6-7-16-17(10-13)26-9-8-25-16/h2-7,10,12H,8-9H2,1H3,(H,21,23)(H,22,24). The van der Waals surface area contributed by atoms with E-state index < -0.39 is 17.9 Å². The molecule has 0 aliphatic carbocycles. The number of hydrogen-bond acceptors (Lipinski definition) is 6. The zero-order valence-corrected chi connectivity index (χ0v) is 14.5. The Morgan fingerprint density at radius 1 is 1.11 bits per heavy atom. The molecule has 0 fully saturated rings. The smallest absolute Gasteiger partial charge is 0.279 e. The number of rotatable bonds is 4. The van der Waals surface area contributed by atoms with Crippen molar-refractivity contribution < 1.29 is 23.8 Å². The fourth-order valence-electron chi connectivity index (χ4n) is 2.38. The average molecular weight is 367 g/mol. The van der Waals surface area contributed by atoms with Gasteiger partial charge in [0, 0.05) is 5.56 Å². The van der Waals surface area contributed by atoms with Crippen molar-refractivity contribution in [3.63, 3.8) is 0 Å². The second kappa shape index (κ2) is 8.10. The van der Waals surface area contributed by atoms with Crippen molar-refractivity contribution in [2.45, 2.75) is 13.0 Å². The highest BCUT2D eigenvalue weighted by Gasteiger charge is 2.19. The summed E-state index contributed by atoms with van der Waals surface area (Å²) in [5, 5.41) is 9.05. The van der Waals surface area contributed by atoms with Crippen LogP contribution in [0.25, 0.3) is 0 Å². The third-order valence-corrected chi connectivity index (χ3v) is 3.78. The Balaban J connectivity index is 1.57. The lowest BCUT2D eigenvalue weighted by Crippen LogP contribution is -2.47. The van der Waals surface area contributed by atoms with Crippen LogP contribution in [0.1, 0.15) is 22.8 Å². The number of hydrazine groups is 1. The summed E-state index contributed by atoms with van der Waals surface area (Å²) in [6.45, 7) is 2.38. The minimum atomic E-state index is -0.917. The fourth-order valence-corrected chi connectivity index (χ4v) is 2.38. The van der Waals surface area contributed by atoms with E-state index >= 15 is 0 Å². The normalized spacial score (nSPS) is 13.0. The lowest BCUT2D eigenvalue weighted by Gasteiger charge is -2.19. The molecule has 2 aromatic rings. The van der Waals surface area contributed by atoms with Gasteiger partial charge in [-0.15, -0.1) is 0 Å². The maximum Gasteiger partial charge on any atom is 0.279 e. The van der Waals surface area contributed by atoms with Crippen LogP contribution in [0.2, 0.25) is 0 Å². The van der Waals surface area contributed by atoms with E-state index in [9.17, 15) is 9.59 Å². The summed E-state index contributed by atoms with van der Waals surface area (Å²) in [5.74, 6) is 0.268. The highest BCUT2D eigenvalue weighted by atomic mass is 16.6. The number of fused-ring (bicyclic) bond motifs is 1. The second-order valence-corrected chi connectivity index (χ2v) is 5.67. The van der Waals surface area contributed by atoms with E-state index in [0.717, 1.165) is 0 Å². The largest absolute Gasteiger partial charge is 0.486 e. The number of hydrogen-bond donors (Lipinski definition) is 2. The lowest BCUT2D eigenvalue weighted by atomic mass is 10.2. The molecule has 8 nitrogen and oxygen atoms in total. The van der Waals surface area contributed by atoms with Crippen LogP contribution in [-0.4, -0.2) is 31.1 Å². The van der Waals surface area contributed by atoms with Gasteiger partial charge in [0.05, 0.1) is 5.56 Å². The molecule has 2 aromatic carbocycles. The first-order valence-corrected chi connectivity index (χ1v) is 8.24. The molecule has 0 aromatic heterocycles. The topological polar surface area (TPSA) is 110 Å². The first-order valence-electron chi connectivity index (χ1n) is 8.24. The molecule has 1 aliphatic rings. The summed E-state index contributed by atoms with van der Waals surface area (Å²) >= 11 is 0. The first-order chi connectivity index (χ1) is 13.1. The van der Waals surface area contributed by atoms with Crippen LogP contribution in [0.4, 0.5) is 0 Å². The van der Waals surface area contributed by atoms with Crippen LogP contribution >= 0.6 is 0 Å². The van der Waals surface area contributed by atoms with Crippen molar-refractivity contribution in [3.8, 4) is 23.3 Å². The molecule has 138 valence electrons. The van der Waals surface area contributed by atoms with Crippen LogP contribution in [0.5, 0.6) is 17.2 Å². The van der Waals surface area contributed by atoms with E-state index in [1.807, 2.05) is 6.07 Å². The SMILES string of the molecule is CC(Oc1ccccc1C#N)C(=O)NNC(=O)c1ccc2c(c1)OCCO2. The van der Waals surface area contributed by atoms with Crippen LogP contribution in [0.3, 0.4) is 0 Å². The lowest BCUT2D eigenvalue weighted by molar-refractivity contribution is -0.128. The van der Waals surface area contributed by atoms with Crippen molar-refractivity contribution in [1.29, 1.82) is 5.26 Å². The van der Waals surface area contributed by atoms with Crippen molar-refractivity contribution in [3.05, 3.63) is 53.6 Å². The Morgan fingerprint density at radius 2 is 1.85 bits per heavy atom. The number of para-hydroxylation sites is 1. The number of carbonyl (C=O) groups excluding carboxylic acids is 2. The molecule has 0 spiro atoms. The highest BCUT2D eigenvalue weighted by molar-refractivity contribution is 5.96. The molecule has 1 heterocycles. The molecule has 1 atom stereocenters. The minimum Gasteiger partial charge on any atom is -0.486 e. The first kappa shape index (κ1) is 18.1. The molecule has 0 saturated heterocycles. The van der Waals surface area contributed by atoms with Gasteiger partial charge in [0.25, 0.3) is 11.8 Å². The number of carbonyl (C=O) groups is 2. The van der Waals surface area contributed by atoms with Gasteiger partial charge < -0.3 is 14.2 Å². The molecule has 1 unspecified atom stereocenters. The van der Waals surface area contributed by atoms with E-state index in [0.29, 0.717) is 41.6 Å². The zero-order valence-electron chi connectivity index (χ0n) is 14.5. The molecular weight excluding hydrogens is 350 g/mol. The summed E-state index contributed by atoms with van der Waals surface area (Å²) in [7, 11) is 0. The third-order valence-electron chi connectivity index (χ3n) is 3.78. The van der Waals surface area contributed by atoms with Crippen molar-refractivity contribution in [2.24, 2.45) is 0 Å². The van der Waals surface area contributed by atoms with Gasteiger partial charge in [0.2, 0.25) is 0 Å². The van der Waals surface area contributed by atoms with E-state index in [-0.39, 0.29) is 0 Å². The monoisotopic (exact) mass is 367 g/mol. The summed E-state index contributed by atoms with van der Waals surface area (Å²) < 4.78 is 16.3. The third kappa shape index (κ3) is 4.27. The van der Waals surface area contributed by atoms with Gasteiger partial charge in [0.1, 0.15) is 25.0 Å². The van der Waals surface area contributed by atoms with Crippen LogP contribution < -0.4 is 25.1 Å². The fraction of sp³-hybridized carbons (Fsp3) is 0.211. The molecule has 27 heavy (non-hydrogen) atoms. The summed E-state index contributed by atoms with van der Waals surface area (Å²) in [6, 6.07) is 13.3. The molecule has 2 amide bonds. The van der Waals surface area contributed by atoms with Crippen molar-refractivity contribution in [1.82, 2.24) is 10.9 Å². The molecule has 1 aliphatic heterocycles. The molecule has 8 heteroatoms. The molecule has 0 bridgehead atoms. The molecule has 2 N–H and O–H groups in total. The molecular formula is C19H17N3O5. The van der Waals surface area contributed by atoms with E-state index in [4.69, 9.17) is 19.5 Å². The summed E-state index contributed by atoms with van der Waals surface area (Å²) in [5.41, 5.74) is 5.25. The number of nitrogens with zero attached hydrogens (tertiary/aromatic N) is 1. The van der Waals surface area contributed by atoms with Crippen molar-refractivity contribution >= 4 is 11.8 Å². The summed E-state index contributed by atoms with van der Waals surface area (Å²) in [6.07, 6.45) is -0.917. The van der Waals surface area contributed by atoms with E-state index in [1.54, 1.807) is 42.5 Å². The number of nitrogens with one attached hydrogen (secondary N) is 2. The van der Waals surface area contributed by atoms with Crippen LogP contribution in [0, 0.1) is 11.3 Å². The Hall–Kier alpha value is -3.73.